The van der Waals surface area contributed by atoms with Gasteiger partial charge in [-0.1, -0.05) is 0 Å². The maximum Gasteiger partial charge on any atom is 0.221 e. The van der Waals surface area contributed by atoms with E-state index in [2.05, 4.69) is 31.9 Å². The van der Waals surface area contributed by atoms with Gasteiger partial charge in [0.05, 0.1) is 18.0 Å². The van der Waals surface area contributed by atoms with Crippen molar-refractivity contribution in [2.45, 2.75) is 6.42 Å². The monoisotopic (exact) mass is 416 g/mol. The number of halogens is 1. The number of nitrogens with zero attached hydrogens (tertiary/aromatic N) is 3. The van der Waals surface area contributed by atoms with E-state index in [1.165, 1.54) is 6.20 Å². The average molecular weight is 417 g/mol. The number of anilines is 1. The van der Waals surface area contributed by atoms with Gasteiger partial charge in [0.15, 0.2) is 0 Å². The fourth-order valence-electron chi connectivity index (χ4n) is 3.04. The van der Waals surface area contributed by atoms with E-state index in [9.17, 15) is 10.1 Å². The van der Waals surface area contributed by atoms with Crippen molar-refractivity contribution in [1.82, 2.24) is 9.88 Å². The van der Waals surface area contributed by atoms with Crippen molar-refractivity contribution in [3.05, 3.63) is 40.1 Å². The predicted octanol–water partition coefficient (Wildman–Crippen LogP) is 3.31. The van der Waals surface area contributed by atoms with Crippen molar-refractivity contribution >= 4 is 38.3 Å². The Balaban J connectivity index is 1.96. The van der Waals surface area contributed by atoms with Gasteiger partial charge in [0.1, 0.15) is 11.6 Å². The topological polar surface area (TPSA) is 72.4 Å². The van der Waals surface area contributed by atoms with Crippen LogP contribution in [0.2, 0.25) is 0 Å². The lowest BCUT2D eigenvalue weighted by Gasteiger charge is -2.23. The highest BCUT2D eigenvalue weighted by Crippen LogP contribution is 2.32. The van der Waals surface area contributed by atoms with Gasteiger partial charge < -0.3 is 19.5 Å². The highest BCUT2D eigenvalue weighted by molar-refractivity contribution is 9.10. The van der Waals surface area contributed by atoms with E-state index in [0.717, 1.165) is 47.2 Å². The largest absolute Gasteiger partial charge is 0.382 e. The first-order valence-corrected chi connectivity index (χ1v) is 9.27. The van der Waals surface area contributed by atoms with Gasteiger partial charge in [0.25, 0.3) is 0 Å². The molecule has 2 heterocycles. The number of allylic oxidation sites excluding steroid dienone is 1. The number of aromatic nitrogens is 1. The SMILES string of the molecule is CN(C)/C=C(\C#N)C(=O)c1cc2cc(N3CCCOCC3)c(Br)cc2[nH]1. The van der Waals surface area contributed by atoms with Gasteiger partial charge >= 0.3 is 0 Å². The van der Waals surface area contributed by atoms with Crippen LogP contribution in [-0.4, -0.2) is 56.1 Å². The predicted molar refractivity (Wildman–Crippen MR) is 105 cm³/mol. The molecule has 2 aromatic rings. The van der Waals surface area contributed by atoms with Crippen molar-refractivity contribution in [3.63, 3.8) is 0 Å². The number of fused-ring (bicyclic) bond motifs is 1. The van der Waals surface area contributed by atoms with Crippen LogP contribution in [0.15, 0.2) is 34.4 Å². The van der Waals surface area contributed by atoms with Crippen molar-refractivity contribution in [2.24, 2.45) is 0 Å². The Kier molecular flexibility index (Phi) is 5.64. The number of Topliss-reactive ketones (excluding diaryl/α,β-unsaturated/α-hetero) is 1. The summed E-state index contributed by atoms with van der Waals surface area (Å²) in [5.74, 6) is -0.307. The average Bonchev–Trinajstić information content (AvgIpc) is 2.83. The van der Waals surface area contributed by atoms with Crippen LogP contribution in [0.5, 0.6) is 0 Å². The molecule has 0 atom stereocenters. The summed E-state index contributed by atoms with van der Waals surface area (Å²) in [5, 5.41) is 10.2. The van der Waals surface area contributed by atoms with Crippen LogP contribution in [0.4, 0.5) is 5.69 Å². The highest BCUT2D eigenvalue weighted by atomic mass is 79.9. The molecule has 0 bridgehead atoms. The molecule has 0 amide bonds. The van der Waals surface area contributed by atoms with Gasteiger partial charge in [-0.25, -0.2) is 0 Å². The zero-order valence-corrected chi connectivity index (χ0v) is 16.5. The zero-order valence-electron chi connectivity index (χ0n) is 14.9. The van der Waals surface area contributed by atoms with E-state index < -0.39 is 0 Å². The second kappa shape index (κ2) is 7.94. The Morgan fingerprint density at radius 2 is 2.15 bits per heavy atom. The van der Waals surface area contributed by atoms with Crippen molar-refractivity contribution < 1.29 is 9.53 Å². The molecule has 26 heavy (non-hydrogen) atoms. The maximum atomic E-state index is 12.6. The molecule has 0 aliphatic carbocycles. The first kappa shape index (κ1) is 18.5. The number of carbonyl (C=O) groups excluding carboxylic acids is 1. The molecule has 7 heteroatoms. The summed E-state index contributed by atoms with van der Waals surface area (Å²) in [6, 6.07) is 7.83. The molecule has 1 aromatic heterocycles. The van der Waals surface area contributed by atoms with Crippen LogP contribution in [0.25, 0.3) is 10.9 Å². The molecule has 1 aliphatic heterocycles. The lowest BCUT2D eigenvalue weighted by atomic mass is 10.1. The number of ether oxygens (including phenoxy) is 1. The van der Waals surface area contributed by atoms with E-state index in [-0.39, 0.29) is 11.4 Å². The molecule has 1 aliphatic rings. The molecule has 0 radical (unpaired) electrons. The number of hydrogen-bond donors (Lipinski definition) is 1. The van der Waals surface area contributed by atoms with Gasteiger partial charge in [0, 0.05) is 55.4 Å². The van der Waals surface area contributed by atoms with Crippen molar-refractivity contribution in [1.29, 1.82) is 5.26 Å². The zero-order chi connectivity index (χ0) is 18.7. The molecule has 6 nitrogen and oxygen atoms in total. The third-order valence-corrected chi connectivity index (χ3v) is 4.88. The Bertz CT molecular complexity index is 887. The van der Waals surface area contributed by atoms with Crippen LogP contribution >= 0.6 is 15.9 Å². The van der Waals surface area contributed by atoms with Crippen LogP contribution in [-0.2, 0) is 4.74 Å². The number of nitriles is 1. The Hall–Kier alpha value is -2.30. The van der Waals surface area contributed by atoms with E-state index in [1.807, 2.05) is 18.2 Å². The van der Waals surface area contributed by atoms with Crippen LogP contribution in [0.3, 0.4) is 0 Å². The minimum absolute atomic E-state index is 0.102. The quantitative estimate of drug-likeness (QED) is 0.470. The molecule has 1 fully saturated rings. The second-order valence-electron chi connectivity index (χ2n) is 6.47. The highest BCUT2D eigenvalue weighted by Gasteiger charge is 2.18. The van der Waals surface area contributed by atoms with E-state index >= 15 is 0 Å². The third-order valence-electron chi connectivity index (χ3n) is 4.25. The summed E-state index contributed by atoms with van der Waals surface area (Å²) in [7, 11) is 3.56. The number of hydrogen-bond acceptors (Lipinski definition) is 5. The summed E-state index contributed by atoms with van der Waals surface area (Å²) in [6.07, 6.45) is 2.52. The minimum atomic E-state index is -0.307. The smallest absolute Gasteiger partial charge is 0.221 e. The number of aromatic amines is 1. The van der Waals surface area contributed by atoms with Crippen LogP contribution in [0.1, 0.15) is 16.9 Å². The van der Waals surface area contributed by atoms with Gasteiger partial charge in [0.2, 0.25) is 5.78 Å². The summed E-state index contributed by atoms with van der Waals surface area (Å²) < 4.78 is 6.50. The summed E-state index contributed by atoms with van der Waals surface area (Å²) in [5.41, 5.74) is 2.46. The van der Waals surface area contributed by atoms with Crippen molar-refractivity contribution in [3.8, 4) is 6.07 Å². The standard InChI is InChI=1S/C19H21BrN4O2/c1-23(2)12-14(11-21)19(25)17-8-13-9-18(15(20)10-16(13)22-17)24-4-3-6-26-7-5-24/h8-10,12,22H,3-7H2,1-2H3/b14-12+. The second-order valence-corrected chi connectivity index (χ2v) is 7.33. The minimum Gasteiger partial charge on any atom is -0.382 e. The molecule has 3 rings (SSSR count). The van der Waals surface area contributed by atoms with Crippen molar-refractivity contribution in [2.75, 3.05) is 45.3 Å². The summed E-state index contributed by atoms with van der Waals surface area (Å²) in [6.45, 7) is 3.27. The van der Waals surface area contributed by atoms with E-state index in [4.69, 9.17) is 4.74 Å². The Morgan fingerprint density at radius 1 is 1.35 bits per heavy atom. The molecule has 1 N–H and O–H groups in total. The first-order valence-electron chi connectivity index (χ1n) is 8.47. The number of benzene rings is 1. The van der Waals surface area contributed by atoms with Gasteiger partial charge in [-0.2, -0.15) is 5.26 Å². The summed E-state index contributed by atoms with van der Waals surface area (Å²) in [4.78, 5) is 19.7. The van der Waals surface area contributed by atoms with Crippen LogP contribution in [0, 0.1) is 11.3 Å². The third kappa shape index (κ3) is 3.92. The normalized spacial score (nSPS) is 15.6. The molecule has 1 saturated heterocycles. The molecular weight excluding hydrogens is 396 g/mol. The lowest BCUT2D eigenvalue weighted by molar-refractivity contribution is 0.103. The number of ketones is 1. The molecule has 0 spiro atoms. The number of H-pyrrole nitrogens is 1. The van der Waals surface area contributed by atoms with Gasteiger partial charge in [-0.05, 0) is 40.5 Å². The van der Waals surface area contributed by atoms with Gasteiger partial charge in [-0.3, -0.25) is 4.79 Å². The lowest BCUT2D eigenvalue weighted by Crippen LogP contribution is -2.26. The molecule has 1 aromatic carbocycles. The maximum absolute atomic E-state index is 12.6. The first-order chi connectivity index (χ1) is 12.5. The number of rotatable bonds is 4. The Labute approximate surface area is 161 Å². The Morgan fingerprint density at radius 3 is 2.88 bits per heavy atom. The molecular formula is C19H21BrN4O2. The van der Waals surface area contributed by atoms with E-state index in [0.29, 0.717) is 12.3 Å². The fourth-order valence-corrected chi connectivity index (χ4v) is 3.63. The number of nitrogens with one attached hydrogen (secondary N) is 1. The van der Waals surface area contributed by atoms with E-state index in [1.54, 1.807) is 19.0 Å². The molecule has 0 saturated carbocycles. The summed E-state index contributed by atoms with van der Waals surface area (Å²) >= 11 is 3.64. The molecule has 0 unspecified atom stereocenters. The van der Waals surface area contributed by atoms with Crippen LogP contribution < -0.4 is 4.90 Å². The number of carbonyl (C=O) groups is 1. The van der Waals surface area contributed by atoms with Gasteiger partial charge in [-0.15, -0.1) is 0 Å². The fraction of sp³-hybridized carbons (Fsp3) is 0.368. The molecule has 136 valence electrons.